The second-order valence-electron chi connectivity index (χ2n) is 4.85. The first-order chi connectivity index (χ1) is 8.20. The molecule has 1 aliphatic carbocycles. The van der Waals surface area contributed by atoms with Crippen molar-refractivity contribution in [3.05, 3.63) is 47.1 Å². The number of ether oxygens (including phenoxy) is 1. The van der Waals surface area contributed by atoms with E-state index < -0.39 is 0 Å². The summed E-state index contributed by atoms with van der Waals surface area (Å²) < 4.78 is 10.5. The van der Waals surface area contributed by atoms with Gasteiger partial charge in [-0.25, -0.2) is 0 Å². The highest BCUT2D eigenvalue weighted by molar-refractivity contribution is 5.32. The molecule has 0 spiro atoms. The fraction of sp³-hybridized carbons (Fsp3) is 0.467. The van der Waals surface area contributed by atoms with Gasteiger partial charge in [-0.3, -0.25) is 0 Å². The van der Waals surface area contributed by atoms with Crippen molar-refractivity contribution in [3.63, 3.8) is 0 Å². The summed E-state index contributed by atoms with van der Waals surface area (Å²) in [4.78, 5) is 0. The normalized spacial score (nSPS) is 16.4. The monoisotopic (exact) mass is 232 g/mol. The summed E-state index contributed by atoms with van der Waals surface area (Å²) in [6.45, 7) is 4.52. The van der Waals surface area contributed by atoms with Crippen LogP contribution in [0, 0.1) is 5.92 Å². The van der Waals surface area contributed by atoms with Crippen molar-refractivity contribution < 1.29 is 9.15 Å². The first kappa shape index (κ1) is 12.0. The summed E-state index contributed by atoms with van der Waals surface area (Å²) >= 11 is 0. The van der Waals surface area contributed by atoms with Gasteiger partial charge in [-0.05, 0) is 36.5 Å². The van der Waals surface area contributed by atoms with Gasteiger partial charge >= 0.3 is 0 Å². The zero-order valence-electron chi connectivity index (χ0n) is 10.8. The highest BCUT2D eigenvalue weighted by Crippen LogP contribution is 2.31. The molecule has 0 aliphatic heterocycles. The fourth-order valence-electron chi connectivity index (χ4n) is 2.38. The van der Waals surface area contributed by atoms with E-state index in [-0.39, 0.29) is 0 Å². The van der Waals surface area contributed by atoms with Gasteiger partial charge in [-0.1, -0.05) is 25.0 Å². The van der Waals surface area contributed by atoms with E-state index in [1.54, 1.807) is 18.9 Å². The molecule has 17 heavy (non-hydrogen) atoms. The van der Waals surface area contributed by atoms with E-state index in [4.69, 9.17) is 9.15 Å². The number of hydrogen-bond donors (Lipinski definition) is 0. The van der Waals surface area contributed by atoms with Crippen molar-refractivity contribution in [1.82, 2.24) is 0 Å². The lowest BCUT2D eigenvalue weighted by Crippen LogP contribution is -2.08. The lowest BCUT2D eigenvalue weighted by Gasteiger charge is -2.22. The Morgan fingerprint density at radius 3 is 2.82 bits per heavy atom. The van der Waals surface area contributed by atoms with Gasteiger partial charge in [0.15, 0.2) is 0 Å². The predicted molar refractivity (Wildman–Crippen MR) is 68.6 cm³/mol. The summed E-state index contributed by atoms with van der Waals surface area (Å²) in [5, 5.41) is 0. The van der Waals surface area contributed by atoms with Crippen LogP contribution in [0.25, 0.3) is 0 Å². The molecule has 2 heteroatoms. The second kappa shape index (κ2) is 5.26. The summed E-state index contributed by atoms with van der Waals surface area (Å²) in [5.74, 6) is 1.69. The van der Waals surface area contributed by atoms with Crippen molar-refractivity contribution in [2.75, 3.05) is 7.11 Å². The fourth-order valence-corrected chi connectivity index (χ4v) is 2.38. The molecule has 0 saturated heterocycles. The molecule has 0 unspecified atom stereocenters. The van der Waals surface area contributed by atoms with Gasteiger partial charge < -0.3 is 9.15 Å². The molecular formula is C15H20O2. The Kier molecular flexibility index (Phi) is 3.72. The number of hydrogen-bond acceptors (Lipinski definition) is 2. The minimum absolute atomic E-state index is 0.603. The van der Waals surface area contributed by atoms with Gasteiger partial charge in [0.25, 0.3) is 0 Å². The molecule has 0 aromatic carbocycles. The Morgan fingerprint density at radius 1 is 1.41 bits per heavy atom. The molecule has 92 valence electrons. The first-order valence-electron chi connectivity index (χ1n) is 6.15. The third-order valence-corrected chi connectivity index (χ3v) is 3.35. The quantitative estimate of drug-likeness (QED) is 0.729. The maximum atomic E-state index is 5.37. The Hall–Kier alpha value is -1.44. The third-order valence-electron chi connectivity index (χ3n) is 3.35. The van der Waals surface area contributed by atoms with Crippen LogP contribution in [0.1, 0.15) is 32.3 Å². The van der Waals surface area contributed by atoms with Gasteiger partial charge in [0, 0.05) is 6.42 Å². The highest BCUT2D eigenvalue weighted by Gasteiger charge is 2.17. The van der Waals surface area contributed by atoms with Crippen LogP contribution >= 0.6 is 0 Å². The molecule has 0 N–H and O–H groups in total. The van der Waals surface area contributed by atoms with Gasteiger partial charge in [-0.15, -0.1) is 0 Å². The van der Waals surface area contributed by atoms with E-state index in [1.165, 1.54) is 11.1 Å². The van der Waals surface area contributed by atoms with Crippen LogP contribution in [-0.4, -0.2) is 7.11 Å². The Bertz CT molecular complexity index is 422. The Morgan fingerprint density at radius 2 is 2.24 bits per heavy atom. The molecule has 0 saturated carbocycles. The summed E-state index contributed by atoms with van der Waals surface area (Å²) in [7, 11) is 1.75. The minimum atomic E-state index is 0.603. The van der Waals surface area contributed by atoms with Crippen LogP contribution in [0.15, 0.2) is 46.0 Å². The van der Waals surface area contributed by atoms with E-state index >= 15 is 0 Å². The zero-order valence-corrected chi connectivity index (χ0v) is 10.8. The average Bonchev–Trinajstić information content (AvgIpc) is 2.81. The third kappa shape index (κ3) is 2.82. The summed E-state index contributed by atoms with van der Waals surface area (Å²) in [6.07, 6.45) is 8.71. The predicted octanol–water partition coefficient (Wildman–Crippen LogP) is 4.10. The Balaban J connectivity index is 2.19. The Labute approximate surface area is 103 Å². The van der Waals surface area contributed by atoms with Gasteiger partial charge in [0.1, 0.15) is 0 Å². The van der Waals surface area contributed by atoms with Gasteiger partial charge in [0.2, 0.25) is 0 Å². The second-order valence-corrected chi connectivity index (χ2v) is 4.85. The lowest BCUT2D eigenvalue weighted by atomic mass is 9.86. The molecule has 1 aromatic rings. The molecule has 0 bridgehead atoms. The largest absolute Gasteiger partial charge is 0.501 e. The van der Waals surface area contributed by atoms with E-state index in [0.717, 1.165) is 25.0 Å². The zero-order chi connectivity index (χ0) is 12.3. The van der Waals surface area contributed by atoms with E-state index in [9.17, 15) is 0 Å². The van der Waals surface area contributed by atoms with Crippen LogP contribution in [0.4, 0.5) is 0 Å². The van der Waals surface area contributed by atoms with Crippen molar-refractivity contribution in [3.8, 4) is 0 Å². The molecule has 0 fully saturated rings. The van der Waals surface area contributed by atoms with Gasteiger partial charge in [0.05, 0.1) is 25.4 Å². The molecule has 0 radical (unpaired) electrons. The number of allylic oxidation sites excluding steroid dienone is 3. The minimum Gasteiger partial charge on any atom is -0.501 e. The van der Waals surface area contributed by atoms with Crippen LogP contribution in [0.5, 0.6) is 0 Å². The molecule has 2 nitrogen and oxygen atoms in total. The highest BCUT2D eigenvalue weighted by atomic mass is 16.5. The number of rotatable bonds is 4. The van der Waals surface area contributed by atoms with E-state index in [1.807, 2.05) is 12.3 Å². The number of methoxy groups -OCH3 is 1. The van der Waals surface area contributed by atoms with E-state index in [2.05, 4.69) is 19.9 Å². The van der Waals surface area contributed by atoms with Crippen molar-refractivity contribution in [2.45, 2.75) is 33.1 Å². The van der Waals surface area contributed by atoms with Gasteiger partial charge in [-0.2, -0.15) is 0 Å². The molecule has 1 heterocycles. The molecule has 2 rings (SSSR count). The summed E-state index contributed by atoms with van der Waals surface area (Å²) in [6, 6.07) is 2.04. The standard InChI is InChI=1S/C15H20O2/c1-11(2)15-5-4-14(16-3)9-13(15)8-12-6-7-17-10-12/h4,6-7,10-11H,5,8-9H2,1-3H3. The van der Waals surface area contributed by atoms with Crippen LogP contribution in [-0.2, 0) is 11.2 Å². The smallest absolute Gasteiger partial charge is 0.0959 e. The van der Waals surface area contributed by atoms with Crippen molar-refractivity contribution >= 4 is 0 Å². The van der Waals surface area contributed by atoms with E-state index in [0.29, 0.717) is 5.92 Å². The molecular weight excluding hydrogens is 212 g/mol. The molecule has 0 atom stereocenters. The number of furan rings is 1. The van der Waals surface area contributed by atoms with Crippen LogP contribution < -0.4 is 0 Å². The SMILES string of the molecule is COC1=CCC(C(C)C)=C(Cc2ccoc2)C1. The maximum Gasteiger partial charge on any atom is 0.0959 e. The van der Waals surface area contributed by atoms with Crippen molar-refractivity contribution in [1.29, 1.82) is 0 Å². The maximum absolute atomic E-state index is 5.37. The molecule has 1 aliphatic rings. The summed E-state index contributed by atoms with van der Waals surface area (Å²) in [5.41, 5.74) is 4.28. The first-order valence-corrected chi connectivity index (χ1v) is 6.15. The van der Waals surface area contributed by atoms with Crippen molar-refractivity contribution in [2.24, 2.45) is 5.92 Å². The van der Waals surface area contributed by atoms with Crippen LogP contribution in [0.3, 0.4) is 0 Å². The molecule has 0 amide bonds. The topological polar surface area (TPSA) is 22.4 Å². The molecule has 1 aromatic heterocycles. The lowest BCUT2D eigenvalue weighted by molar-refractivity contribution is 0.278. The average molecular weight is 232 g/mol. The van der Waals surface area contributed by atoms with Crippen LogP contribution in [0.2, 0.25) is 0 Å².